The number of imidazole rings is 1. The molecule has 0 spiro atoms. The Bertz CT molecular complexity index is 1590. The predicted molar refractivity (Wildman–Crippen MR) is 153 cm³/mol. The molecule has 1 unspecified atom stereocenters. The van der Waals surface area contributed by atoms with Gasteiger partial charge in [-0.05, 0) is 56.5 Å². The van der Waals surface area contributed by atoms with Gasteiger partial charge in [-0.2, -0.15) is 0 Å². The predicted octanol–water partition coefficient (Wildman–Crippen LogP) is 5.64. The molecule has 222 valence electrons. The van der Waals surface area contributed by atoms with E-state index in [9.17, 15) is 18.4 Å². The lowest BCUT2D eigenvalue weighted by molar-refractivity contribution is 0.0923. The van der Waals surface area contributed by atoms with Crippen LogP contribution < -0.4 is 20.1 Å². The molecule has 0 fully saturated rings. The summed E-state index contributed by atoms with van der Waals surface area (Å²) < 4.78 is 46.7. The summed E-state index contributed by atoms with van der Waals surface area (Å²) in [5.41, 5.74) is 1.53. The van der Waals surface area contributed by atoms with Gasteiger partial charge in [0.1, 0.15) is 24.7 Å². The van der Waals surface area contributed by atoms with Crippen LogP contribution >= 0.6 is 0 Å². The molecule has 9 nitrogen and oxygen atoms in total. The SMILES string of the molecule is CCC(C)(CNC(=O)c1c(C)nc2c(OCc3c(F)ccc(OC)c3F)cc(C)cn12)NC(=O)OCc1ccccc1. The zero-order valence-electron chi connectivity index (χ0n) is 24.2. The summed E-state index contributed by atoms with van der Waals surface area (Å²) in [5, 5.41) is 5.73. The van der Waals surface area contributed by atoms with Crippen LogP contribution in [0.2, 0.25) is 0 Å². The van der Waals surface area contributed by atoms with Gasteiger partial charge in [-0.15, -0.1) is 0 Å². The van der Waals surface area contributed by atoms with Crippen LogP contribution in [0.3, 0.4) is 0 Å². The van der Waals surface area contributed by atoms with E-state index in [0.29, 0.717) is 17.8 Å². The molecule has 0 saturated heterocycles. The molecule has 0 radical (unpaired) electrons. The van der Waals surface area contributed by atoms with Crippen molar-refractivity contribution < 1.29 is 32.6 Å². The summed E-state index contributed by atoms with van der Waals surface area (Å²) in [6.45, 7) is 7.02. The molecule has 4 rings (SSSR count). The summed E-state index contributed by atoms with van der Waals surface area (Å²) in [4.78, 5) is 30.4. The van der Waals surface area contributed by atoms with E-state index in [2.05, 4.69) is 15.6 Å². The van der Waals surface area contributed by atoms with E-state index in [-0.39, 0.29) is 35.9 Å². The molecule has 2 heterocycles. The van der Waals surface area contributed by atoms with Gasteiger partial charge in [0, 0.05) is 12.7 Å². The summed E-state index contributed by atoms with van der Waals surface area (Å²) in [6.07, 6.45) is 1.65. The Balaban J connectivity index is 1.48. The molecule has 1 atom stereocenters. The summed E-state index contributed by atoms with van der Waals surface area (Å²) in [6, 6.07) is 13.3. The van der Waals surface area contributed by atoms with Crippen molar-refractivity contribution in [2.45, 2.75) is 52.9 Å². The first-order valence-corrected chi connectivity index (χ1v) is 13.4. The number of aromatic nitrogens is 2. The number of nitrogens with one attached hydrogen (secondary N) is 2. The first-order chi connectivity index (χ1) is 20.0. The Hall–Kier alpha value is -4.67. The minimum atomic E-state index is -0.850. The van der Waals surface area contributed by atoms with Crippen LogP contribution in [0.5, 0.6) is 11.5 Å². The molecule has 2 amide bonds. The van der Waals surface area contributed by atoms with Crippen LogP contribution in [0.25, 0.3) is 5.65 Å². The van der Waals surface area contributed by atoms with Crippen LogP contribution in [0.15, 0.2) is 54.7 Å². The highest BCUT2D eigenvalue weighted by atomic mass is 19.1. The quantitative estimate of drug-likeness (QED) is 0.238. The van der Waals surface area contributed by atoms with Crippen molar-refractivity contribution in [2.75, 3.05) is 13.7 Å². The topological polar surface area (TPSA) is 103 Å². The van der Waals surface area contributed by atoms with Crippen LogP contribution in [-0.4, -0.2) is 40.6 Å². The van der Waals surface area contributed by atoms with Gasteiger partial charge in [-0.25, -0.2) is 18.6 Å². The number of nitrogens with zero attached hydrogens (tertiary/aromatic N) is 2. The van der Waals surface area contributed by atoms with Gasteiger partial charge in [-0.3, -0.25) is 9.20 Å². The number of rotatable bonds is 11. The number of carbonyl (C=O) groups is 2. The van der Waals surface area contributed by atoms with Crippen LogP contribution in [0.1, 0.15) is 53.1 Å². The normalized spacial score (nSPS) is 12.5. The minimum absolute atomic E-state index is 0.0990. The van der Waals surface area contributed by atoms with Crippen molar-refractivity contribution in [1.82, 2.24) is 20.0 Å². The number of fused-ring (bicyclic) bond motifs is 1. The van der Waals surface area contributed by atoms with E-state index < -0.39 is 35.8 Å². The Morgan fingerprint density at radius 3 is 2.48 bits per heavy atom. The molecular formula is C31H34F2N4O5. The molecule has 42 heavy (non-hydrogen) atoms. The fourth-order valence-corrected chi connectivity index (χ4v) is 4.38. The molecule has 0 aliphatic rings. The van der Waals surface area contributed by atoms with Crippen molar-refractivity contribution in [3.63, 3.8) is 0 Å². The van der Waals surface area contributed by atoms with E-state index in [1.165, 1.54) is 13.2 Å². The minimum Gasteiger partial charge on any atom is -0.494 e. The Labute approximate surface area is 242 Å². The van der Waals surface area contributed by atoms with Crippen molar-refractivity contribution in [2.24, 2.45) is 0 Å². The van der Waals surface area contributed by atoms with Crippen molar-refractivity contribution in [3.05, 3.63) is 94.4 Å². The highest BCUT2D eigenvalue weighted by molar-refractivity contribution is 5.95. The average Bonchev–Trinajstić information content (AvgIpc) is 3.31. The first-order valence-electron chi connectivity index (χ1n) is 13.4. The van der Waals surface area contributed by atoms with Crippen LogP contribution in [-0.2, 0) is 18.0 Å². The molecular weight excluding hydrogens is 546 g/mol. The van der Waals surface area contributed by atoms with E-state index in [1.54, 1.807) is 30.5 Å². The second kappa shape index (κ2) is 12.9. The maximum absolute atomic E-state index is 14.7. The highest BCUT2D eigenvalue weighted by Gasteiger charge is 2.28. The molecule has 2 aromatic heterocycles. The maximum Gasteiger partial charge on any atom is 0.407 e. The zero-order valence-corrected chi connectivity index (χ0v) is 24.2. The van der Waals surface area contributed by atoms with E-state index in [0.717, 1.165) is 17.2 Å². The fraction of sp³-hybridized carbons (Fsp3) is 0.323. The third-order valence-corrected chi connectivity index (χ3v) is 6.99. The van der Waals surface area contributed by atoms with Gasteiger partial charge in [0.05, 0.1) is 23.9 Å². The summed E-state index contributed by atoms with van der Waals surface area (Å²) in [7, 11) is 1.29. The number of carbonyl (C=O) groups excluding carboxylic acids is 2. The summed E-state index contributed by atoms with van der Waals surface area (Å²) in [5.74, 6) is -1.89. The third-order valence-electron chi connectivity index (χ3n) is 6.99. The molecule has 11 heteroatoms. The van der Waals surface area contributed by atoms with Gasteiger partial charge in [0.25, 0.3) is 5.91 Å². The monoisotopic (exact) mass is 580 g/mol. The van der Waals surface area contributed by atoms with Crippen molar-refractivity contribution >= 4 is 17.6 Å². The number of benzene rings is 2. The Morgan fingerprint density at radius 1 is 1.05 bits per heavy atom. The maximum atomic E-state index is 14.7. The van der Waals surface area contributed by atoms with Crippen molar-refractivity contribution in [1.29, 1.82) is 0 Å². The number of hydrogen-bond donors (Lipinski definition) is 2. The Kier molecular flexibility index (Phi) is 9.29. The number of halogens is 2. The third kappa shape index (κ3) is 6.79. The molecule has 0 aliphatic carbocycles. The lowest BCUT2D eigenvalue weighted by atomic mass is 9.99. The number of hydrogen-bond acceptors (Lipinski definition) is 6. The van der Waals surface area contributed by atoms with Crippen molar-refractivity contribution in [3.8, 4) is 11.5 Å². The fourth-order valence-electron chi connectivity index (χ4n) is 4.38. The number of methoxy groups -OCH3 is 1. The van der Waals surface area contributed by atoms with E-state index >= 15 is 0 Å². The number of pyridine rings is 1. The Morgan fingerprint density at radius 2 is 1.79 bits per heavy atom. The van der Waals surface area contributed by atoms with Crippen LogP contribution in [0.4, 0.5) is 13.6 Å². The summed E-state index contributed by atoms with van der Waals surface area (Å²) >= 11 is 0. The van der Waals surface area contributed by atoms with Gasteiger partial charge in [0.2, 0.25) is 0 Å². The van der Waals surface area contributed by atoms with Gasteiger partial charge in [-0.1, -0.05) is 37.3 Å². The molecule has 0 bridgehead atoms. The largest absolute Gasteiger partial charge is 0.494 e. The van der Waals surface area contributed by atoms with Gasteiger partial charge in [0.15, 0.2) is 23.0 Å². The first kappa shape index (κ1) is 30.3. The number of aryl methyl sites for hydroxylation is 2. The number of amides is 2. The molecule has 2 aromatic carbocycles. The van der Waals surface area contributed by atoms with E-state index in [4.69, 9.17) is 14.2 Å². The van der Waals surface area contributed by atoms with Gasteiger partial charge < -0.3 is 24.8 Å². The second-order valence-electron chi connectivity index (χ2n) is 10.2. The lowest BCUT2D eigenvalue weighted by Crippen LogP contribution is -2.53. The molecule has 2 N–H and O–H groups in total. The number of ether oxygens (including phenoxy) is 3. The standard InChI is InChI=1S/C31H34F2N4O5/c1-6-31(4,36-30(39)42-16-21-10-8-7-9-11-21)18-34-29(38)27-20(3)35-28-25(14-19(2)15-37(27)28)41-17-22-23(32)12-13-24(40-5)26(22)33/h7-15H,6,16-18H2,1-5H3,(H,34,38)(H,36,39). The smallest absolute Gasteiger partial charge is 0.407 e. The highest BCUT2D eigenvalue weighted by Crippen LogP contribution is 2.28. The second-order valence-corrected chi connectivity index (χ2v) is 10.2. The molecule has 4 aromatic rings. The number of alkyl carbamates (subject to hydrolysis) is 1. The average molecular weight is 581 g/mol. The molecule has 0 aliphatic heterocycles. The van der Waals surface area contributed by atoms with Gasteiger partial charge >= 0.3 is 6.09 Å². The van der Waals surface area contributed by atoms with Crippen LogP contribution in [0, 0.1) is 25.5 Å². The van der Waals surface area contributed by atoms with E-state index in [1.807, 2.05) is 44.2 Å². The zero-order chi connectivity index (χ0) is 30.4. The lowest BCUT2D eigenvalue weighted by Gasteiger charge is -2.29. The molecule has 0 saturated carbocycles.